The van der Waals surface area contributed by atoms with E-state index in [-0.39, 0.29) is 0 Å². The molecular weight excluding hydrogens is 314 g/mol. The minimum absolute atomic E-state index is 0.386. The van der Waals surface area contributed by atoms with E-state index in [4.69, 9.17) is 5.21 Å². The highest BCUT2D eigenvalue weighted by atomic mass is 32.1. The lowest BCUT2D eigenvalue weighted by Gasteiger charge is -2.20. The van der Waals surface area contributed by atoms with Gasteiger partial charge in [0, 0.05) is 11.8 Å². The topological polar surface area (TPSA) is 91.2 Å². The first-order valence-corrected chi connectivity index (χ1v) is 7.64. The molecule has 0 radical (unpaired) electrons. The number of hydroxylamine groups is 1. The van der Waals surface area contributed by atoms with Crippen molar-refractivity contribution in [2.45, 2.75) is 6.54 Å². The monoisotopic (exact) mass is 327 g/mol. The predicted octanol–water partition coefficient (Wildman–Crippen LogP) is 2.39. The molecular formula is C15H13N5O2S. The summed E-state index contributed by atoms with van der Waals surface area (Å²) < 4.78 is 0. The highest BCUT2D eigenvalue weighted by Gasteiger charge is 2.14. The van der Waals surface area contributed by atoms with Gasteiger partial charge in [0.25, 0.3) is 5.91 Å². The third-order valence-electron chi connectivity index (χ3n) is 3.16. The Bertz CT molecular complexity index is 762. The Morgan fingerprint density at radius 1 is 1.22 bits per heavy atom. The first-order valence-electron chi connectivity index (χ1n) is 6.76. The number of amides is 1. The summed E-state index contributed by atoms with van der Waals surface area (Å²) in [5.41, 5.74) is 4.64. The molecule has 0 unspecified atom stereocenters. The van der Waals surface area contributed by atoms with E-state index in [1.165, 1.54) is 11.3 Å². The van der Waals surface area contributed by atoms with Crippen molar-refractivity contribution >= 4 is 28.2 Å². The standard InChI is InChI=1S/C15H13N5O2S/c21-14(19-22)12-6-4-11(5-7-12)9-20(15-18-17-10-23-15)13-3-1-2-8-16-13/h1-8,10,22H,9H2,(H,19,21). The van der Waals surface area contributed by atoms with Crippen molar-refractivity contribution in [2.24, 2.45) is 0 Å². The minimum atomic E-state index is -0.540. The van der Waals surface area contributed by atoms with Crippen LogP contribution in [0.5, 0.6) is 0 Å². The van der Waals surface area contributed by atoms with Gasteiger partial charge in [-0.15, -0.1) is 10.2 Å². The molecule has 116 valence electrons. The molecule has 0 aliphatic rings. The number of hydrogen-bond acceptors (Lipinski definition) is 7. The van der Waals surface area contributed by atoms with Gasteiger partial charge in [-0.05, 0) is 29.8 Å². The van der Waals surface area contributed by atoms with Crippen molar-refractivity contribution in [1.29, 1.82) is 0 Å². The zero-order valence-electron chi connectivity index (χ0n) is 12.0. The van der Waals surface area contributed by atoms with Gasteiger partial charge in [0.2, 0.25) is 5.13 Å². The predicted molar refractivity (Wildman–Crippen MR) is 85.7 cm³/mol. The van der Waals surface area contributed by atoms with Gasteiger partial charge in [-0.3, -0.25) is 14.9 Å². The highest BCUT2D eigenvalue weighted by Crippen LogP contribution is 2.26. The molecule has 23 heavy (non-hydrogen) atoms. The molecule has 0 saturated heterocycles. The van der Waals surface area contributed by atoms with Crippen molar-refractivity contribution in [1.82, 2.24) is 20.7 Å². The lowest BCUT2D eigenvalue weighted by molar-refractivity contribution is 0.0706. The molecule has 0 fully saturated rings. The fraction of sp³-hybridized carbons (Fsp3) is 0.0667. The number of hydrogen-bond donors (Lipinski definition) is 2. The molecule has 2 heterocycles. The molecule has 0 aliphatic carbocycles. The molecule has 1 amide bonds. The smallest absolute Gasteiger partial charge is 0.274 e. The van der Waals surface area contributed by atoms with E-state index in [9.17, 15) is 4.79 Å². The minimum Gasteiger partial charge on any atom is -0.296 e. The Morgan fingerprint density at radius 3 is 2.65 bits per heavy atom. The van der Waals surface area contributed by atoms with Gasteiger partial charge in [0.1, 0.15) is 11.3 Å². The largest absolute Gasteiger partial charge is 0.296 e. The van der Waals surface area contributed by atoms with Crippen LogP contribution in [0, 0.1) is 0 Å². The molecule has 3 rings (SSSR count). The average molecular weight is 327 g/mol. The van der Waals surface area contributed by atoms with E-state index in [0.29, 0.717) is 12.1 Å². The van der Waals surface area contributed by atoms with Crippen molar-refractivity contribution in [2.75, 3.05) is 4.90 Å². The van der Waals surface area contributed by atoms with Crippen LogP contribution >= 0.6 is 11.3 Å². The maximum absolute atomic E-state index is 11.4. The molecule has 0 atom stereocenters. The van der Waals surface area contributed by atoms with Gasteiger partial charge in [-0.2, -0.15) is 0 Å². The number of pyridine rings is 1. The lowest BCUT2D eigenvalue weighted by atomic mass is 10.1. The SMILES string of the molecule is O=C(NO)c1ccc(CN(c2ccccn2)c2nncs2)cc1. The Balaban J connectivity index is 1.86. The van der Waals surface area contributed by atoms with Gasteiger partial charge < -0.3 is 0 Å². The van der Waals surface area contributed by atoms with Crippen LogP contribution < -0.4 is 10.4 Å². The van der Waals surface area contributed by atoms with E-state index in [1.807, 2.05) is 35.2 Å². The van der Waals surface area contributed by atoms with Crippen LogP contribution in [-0.2, 0) is 6.54 Å². The summed E-state index contributed by atoms with van der Waals surface area (Å²) in [6.45, 7) is 0.535. The molecule has 2 aromatic heterocycles. The maximum atomic E-state index is 11.4. The molecule has 0 bridgehead atoms. The van der Waals surface area contributed by atoms with Gasteiger partial charge in [-0.1, -0.05) is 29.5 Å². The number of carbonyl (C=O) groups is 1. The summed E-state index contributed by atoms with van der Waals surface area (Å²) in [7, 11) is 0. The molecule has 1 aromatic carbocycles. The summed E-state index contributed by atoms with van der Waals surface area (Å²) in [6, 6.07) is 12.6. The molecule has 0 aliphatic heterocycles. The van der Waals surface area contributed by atoms with Crippen LogP contribution in [0.15, 0.2) is 54.2 Å². The third kappa shape index (κ3) is 3.50. The second-order valence-corrected chi connectivity index (χ2v) is 5.44. The van der Waals surface area contributed by atoms with Gasteiger partial charge in [-0.25, -0.2) is 10.5 Å². The van der Waals surface area contributed by atoms with E-state index >= 15 is 0 Å². The fourth-order valence-electron chi connectivity index (χ4n) is 2.05. The number of anilines is 2. The summed E-state index contributed by atoms with van der Waals surface area (Å²) in [5.74, 6) is 0.226. The van der Waals surface area contributed by atoms with E-state index in [0.717, 1.165) is 16.5 Å². The molecule has 7 nitrogen and oxygen atoms in total. The summed E-state index contributed by atoms with van der Waals surface area (Å²) in [4.78, 5) is 17.7. The molecule has 2 N–H and O–H groups in total. The maximum Gasteiger partial charge on any atom is 0.274 e. The van der Waals surface area contributed by atoms with Crippen LogP contribution in [0.2, 0.25) is 0 Å². The van der Waals surface area contributed by atoms with Crippen molar-refractivity contribution < 1.29 is 10.0 Å². The van der Waals surface area contributed by atoms with Gasteiger partial charge in [0.15, 0.2) is 0 Å². The van der Waals surface area contributed by atoms with E-state index in [1.54, 1.807) is 29.3 Å². The number of nitrogens with one attached hydrogen (secondary N) is 1. The van der Waals surface area contributed by atoms with Crippen molar-refractivity contribution in [3.8, 4) is 0 Å². The van der Waals surface area contributed by atoms with E-state index in [2.05, 4.69) is 15.2 Å². The zero-order valence-corrected chi connectivity index (χ0v) is 12.8. The second kappa shape index (κ2) is 6.95. The Labute approximate surface area is 136 Å². The normalized spacial score (nSPS) is 10.3. The number of nitrogens with zero attached hydrogens (tertiary/aromatic N) is 4. The fourth-order valence-corrected chi connectivity index (χ4v) is 2.62. The first kappa shape index (κ1) is 15.1. The molecule has 8 heteroatoms. The van der Waals surface area contributed by atoms with Gasteiger partial charge >= 0.3 is 0 Å². The van der Waals surface area contributed by atoms with Crippen LogP contribution in [0.4, 0.5) is 10.9 Å². The van der Waals surface area contributed by atoms with Crippen LogP contribution in [0.3, 0.4) is 0 Å². The van der Waals surface area contributed by atoms with Crippen molar-refractivity contribution in [3.05, 3.63) is 65.3 Å². The van der Waals surface area contributed by atoms with Crippen LogP contribution in [0.25, 0.3) is 0 Å². The Morgan fingerprint density at radius 2 is 2.04 bits per heavy atom. The van der Waals surface area contributed by atoms with Crippen LogP contribution in [0.1, 0.15) is 15.9 Å². The number of carbonyl (C=O) groups excluding carboxylic acids is 1. The number of benzene rings is 1. The molecule has 0 spiro atoms. The first-order chi connectivity index (χ1) is 11.3. The van der Waals surface area contributed by atoms with Crippen LogP contribution in [-0.4, -0.2) is 26.3 Å². The number of rotatable bonds is 5. The second-order valence-electron chi connectivity index (χ2n) is 4.63. The van der Waals surface area contributed by atoms with E-state index < -0.39 is 5.91 Å². The molecule has 0 saturated carbocycles. The molecule has 3 aromatic rings. The summed E-state index contributed by atoms with van der Waals surface area (Å²) >= 11 is 1.42. The quantitative estimate of drug-likeness (QED) is 0.552. The number of aromatic nitrogens is 3. The van der Waals surface area contributed by atoms with Crippen molar-refractivity contribution in [3.63, 3.8) is 0 Å². The average Bonchev–Trinajstić information content (AvgIpc) is 3.14. The summed E-state index contributed by atoms with van der Waals surface area (Å²) in [5, 5.41) is 17.4. The lowest BCUT2D eigenvalue weighted by Crippen LogP contribution is -2.19. The summed E-state index contributed by atoms with van der Waals surface area (Å²) in [6.07, 6.45) is 1.72. The zero-order chi connectivity index (χ0) is 16.1. The highest BCUT2D eigenvalue weighted by molar-refractivity contribution is 7.13. The third-order valence-corrected chi connectivity index (χ3v) is 3.88. The van der Waals surface area contributed by atoms with Gasteiger partial charge in [0.05, 0.1) is 6.54 Å². The Kier molecular flexibility index (Phi) is 4.55. The Hall–Kier alpha value is -2.84.